The third-order valence-electron chi connectivity index (χ3n) is 7.73. The lowest BCUT2D eigenvalue weighted by atomic mass is 10.1. The SMILES string of the molecule is CCCCCCCCCCCCCC(=O)OCCCNCCCOC(=O)CCCCCCCCCCCCC.O=C(O)C(F)(F)F. The summed E-state index contributed by atoms with van der Waals surface area (Å²) in [6.45, 7) is 7.13. The van der Waals surface area contributed by atoms with Crippen LogP contribution in [-0.4, -0.2) is 55.5 Å². The molecule has 0 aliphatic rings. The molecule has 0 atom stereocenters. The molecule has 0 amide bonds. The molecule has 0 aromatic carbocycles. The molecule has 0 saturated heterocycles. The van der Waals surface area contributed by atoms with Crippen molar-refractivity contribution in [3.63, 3.8) is 0 Å². The summed E-state index contributed by atoms with van der Waals surface area (Å²) in [6, 6.07) is 0. The summed E-state index contributed by atoms with van der Waals surface area (Å²) >= 11 is 0. The molecule has 0 aromatic rings. The second-order valence-electron chi connectivity index (χ2n) is 12.3. The number of hydrogen-bond acceptors (Lipinski definition) is 6. The lowest BCUT2D eigenvalue weighted by molar-refractivity contribution is -0.192. The van der Waals surface area contributed by atoms with Crippen molar-refractivity contribution in [2.75, 3.05) is 26.3 Å². The number of rotatable bonds is 32. The van der Waals surface area contributed by atoms with Crippen LogP contribution in [0, 0.1) is 0 Å². The number of carboxylic acid groups (broad SMARTS) is 1. The summed E-state index contributed by atoms with van der Waals surface area (Å²) in [5.74, 6) is -2.88. The van der Waals surface area contributed by atoms with Crippen molar-refractivity contribution in [3.05, 3.63) is 0 Å². The first-order valence-corrected chi connectivity index (χ1v) is 18.5. The average molecular weight is 668 g/mol. The Morgan fingerprint density at radius 2 is 0.761 bits per heavy atom. The van der Waals surface area contributed by atoms with Gasteiger partial charge in [0.1, 0.15) is 0 Å². The Kier molecular flexibility index (Phi) is 36.2. The summed E-state index contributed by atoms with van der Waals surface area (Å²) in [4.78, 5) is 32.6. The molecule has 0 saturated carbocycles. The molecule has 0 unspecified atom stereocenters. The topological polar surface area (TPSA) is 102 Å². The molecule has 0 spiro atoms. The zero-order chi connectivity index (χ0) is 34.6. The van der Waals surface area contributed by atoms with Crippen LogP contribution in [0.5, 0.6) is 0 Å². The number of esters is 2. The summed E-state index contributed by atoms with van der Waals surface area (Å²) in [5, 5.41) is 10.5. The van der Waals surface area contributed by atoms with E-state index in [1.807, 2.05) is 0 Å². The fraction of sp³-hybridized carbons (Fsp3) is 0.917. The van der Waals surface area contributed by atoms with E-state index in [1.54, 1.807) is 0 Å². The molecule has 274 valence electrons. The van der Waals surface area contributed by atoms with Gasteiger partial charge in [0, 0.05) is 12.8 Å². The zero-order valence-corrected chi connectivity index (χ0v) is 29.3. The molecule has 0 aliphatic carbocycles. The predicted octanol–water partition coefficient (Wildman–Crippen LogP) is 10.5. The van der Waals surface area contributed by atoms with E-state index < -0.39 is 12.1 Å². The van der Waals surface area contributed by atoms with E-state index in [0.717, 1.165) is 51.6 Å². The Labute approximate surface area is 278 Å². The van der Waals surface area contributed by atoms with Crippen molar-refractivity contribution >= 4 is 17.9 Å². The molecule has 46 heavy (non-hydrogen) atoms. The standard InChI is InChI=1S/C34H67NO4.C2HF3O2/c1-3-5-7-9-11-13-15-17-19-21-23-27-33(36)38-31-25-29-35-30-26-32-39-34(37)28-24-22-20-18-16-14-12-10-8-6-4-2;3-2(4,5)1(6)7/h35H,3-32H2,1-2H3;(H,6,7). The van der Waals surface area contributed by atoms with E-state index in [1.165, 1.54) is 116 Å². The van der Waals surface area contributed by atoms with Gasteiger partial charge in [-0.3, -0.25) is 9.59 Å². The van der Waals surface area contributed by atoms with Crippen LogP contribution in [0.15, 0.2) is 0 Å². The first kappa shape index (κ1) is 46.3. The summed E-state index contributed by atoms with van der Waals surface area (Å²) in [7, 11) is 0. The first-order valence-electron chi connectivity index (χ1n) is 18.5. The number of alkyl halides is 3. The van der Waals surface area contributed by atoms with Gasteiger partial charge in [-0.1, -0.05) is 142 Å². The van der Waals surface area contributed by atoms with Crippen molar-refractivity contribution in [2.24, 2.45) is 0 Å². The van der Waals surface area contributed by atoms with Crippen LogP contribution in [0.25, 0.3) is 0 Å². The van der Waals surface area contributed by atoms with Gasteiger partial charge in [0.05, 0.1) is 13.2 Å². The van der Waals surface area contributed by atoms with Crippen LogP contribution in [0.4, 0.5) is 13.2 Å². The van der Waals surface area contributed by atoms with E-state index in [4.69, 9.17) is 19.4 Å². The van der Waals surface area contributed by atoms with E-state index in [2.05, 4.69) is 19.2 Å². The number of carboxylic acids is 1. The number of nitrogens with one attached hydrogen (secondary N) is 1. The zero-order valence-electron chi connectivity index (χ0n) is 29.3. The molecule has 0 rings (SSSR count). The third-order valence-corrected chi connectivity index (χ3v) is 7.73. The maximum Gasteiger partial charge on any atom is 0.490 e. The predicted molar refractivity (Wildman–Crippen MR) is 180 cm³/mol. The average Bonchev–Trinajstić information content (AvgIpc) is 3.01. The fourth-order valence-electron chi connectivity index (χ4n) is 4.90. The molecule has 10 heteroatoms. The molecule has 0 heterocycles. The van der Waals surface area contributed by atoms with Crippen LogP contribution in [0.1, 0.15) is 181 Å². The second kappa shape index (κ2) is 36.0. The lowest BCUT2D eigenvalue weighted by Crippen LogP contribution is -2.21. The second-order valence-corrected chi connectivity index (χ2v) is 12.3. The van der Waals surface area contributed by atoms with Crippen LogP contribution in [0.2, 0.25) is 0 Å². The maximum atomic E-state index is 11.8. The highest BCUT2D eigenvalue weighted by Gasteiger charge is 2.38. The van der Waals surface area contributed by atoms with E-state index in [9.17, 15) is 22.8 Å². The largest absolute Gasteiger partial charge is 0.490 e. The molecule has 0 radical (unpaired) electrons. The minimum absolute atomic E-state index is 0.0596. The monoisotopic (exact) mass is 667 g/mol. The molecule has 0 aromatic heterocycles. The van der Waals surface area contributed by atoms with Crippen LogP contribution < -0.4 is 5.32 Å². The van der Waals surface area contributed by atoms with Crippen molar-refractivity contribution in [3.8, 4) is 0 Å². The molecule has 2 N–H and O–H groups in total. The Balaban J connectivity index is 0. The Hall–Kier alpha value is -1.84. The Morgan fingerprint density at radius 3 is 1.02 bits per heavy atom. The number of aliphatic carboxylic acids is 1. The quantitative estimate of drug-likeness (QED) is 0.0544. The van der Waals surface area contributed by atoms with Gasteiger partial charge in [-0.05, 0) is 38.8 Å². The summed E-state index contributed by atoms with van der Waals surface area (Å²) in [5.41, 5.74) is 0. The number of hydrogen-bond donors (Lipinski definition) is 2. The minimum Gasteiger partial charge on any atom is -0.475 e. The minimum atomic E-state index is -5.08. The van der Waals surface area contributed by atoms with Gasteiger partial charge in [-0.15, -0.1) is 0 Å². The summed E-state index contributed by atoms with van der Waals surface area (Å²) in [6.07, 6.45) is 26.0. The molecular weight excluding hydrogens is 599 g/mol. The molecular formula is C36H68F3NO6. The van der Waals surface area contributed by atoms with Crippen LogP contribution in [0.3, 0.4) is 0 Å². The number of halogens is 3. The van der Waals surface area contributed by atoms with E-state index in [0.29, 0.717) is 26.1 Å². The van der Waals surface area contributed by atoms with Gasteiger partial charge in [-0.2, -0.15) is 13.2 Å². The van der Waals surface area contributed by atoms with Crippen molar-refractivity contribution in [2.45, 2.75) is 187 Å². The highest BCUT2D eigenvalue weighted by atomic mass is 19.4. The van der Waals surface area contributed by atoms with Crippen molar-refractivity contribution < 1.29 is 42.1 Å². The van der Waals surface area contributed by atoms with Crippen LogP contribution in [-0.2, 0) is 23.9 Å². The van der Waals surface area contributed by atoms with Crippen molar-refractivity contribution in [1.82, 2.24) is 5.32 Å². The molecule has 7 nitrogen and oxygen atoms in total. The maximum absolute atomic E-state index is 11.8. The van der Waals surface area contributed by atoms with Gasteiger partial charge < -0.3 is 19.9 Å². The van der Waals surface area contributed by atoms with Crippen molar-refractivity contribution in [1.29, 1.82) is 0 Å². The molecule has 0 aliphatic heterocycles. The van der Waals surface area contributed by atoms with Crippen LogP contribution >= 0.6 is 0 Å². The first-order chi connectivity index (χ1) is 22.1. The highest BCUT2D eigenvalue weighted by Crippen LogP contribution is 2.14. The van der Waals surface area contributed by atoms with E-state index >= 15 is 0 Å². The van der Waals surface area contributed by atoms with Gasteiger partial charge in [-0.25, -0.2) is 4.79 Å². The smallest absolute Gasteiger partial charge is 0.475 e. The molecule has 0 bridgehead atoms. The Morgan fingerprint density at radius 1 is 0.500 bits per heavy atom. The molecule has 0 fully saturated rings. The highest BCUT2D eigenvalue weighted by molar-refractivity contribution is 5.73. The number of carbonyl (C=O) groups excluding carboxylic acids is 2. The fourth-order valence-corrected chi connectivity index (χ4v) is 4.90. The lowest BCUT2D eigenvalue weighted by Gasteiger charge is -2.07. The Bertz CT molecular complexity index is 647. The number of unbranched alkanes of at least 4 members (excludes halogenated alkanes) is 20. The van der Waals surface area contributed by atoms with Gasteiger partial charge in [0.25, 0.3) is 0 Å². The normalized spacial score (nSPS) is 11.2. The third kappa shape index (κ3) is 40.2. The summed E-state index contributed by atoms with van der Waals surface area (Å²) < 4.78 is 42.4. The van der Waals surface area contributed by atoms with Gasteiger partial charge in [0.15, 0.2) is 0 Å². The number of carbonyl (C=O) groups is 3. The van der Waals surface area contributed by atoms with E-state index in [-0.39, 0.29) is 11.9 Å². The van der Waals surface area contributed by atoms with Gasteiger partial charge >= 0.3 is 24.1 Å². The van der Waals surface area contributed by atoms with Gasteiger partial charge in [0.2, 0.25) is 0 Å². The number of ether oxygens (including phenoxy) is 2.